The smallest absolute Gasteiger partial charge is 0.410 e. The largest absolute Gasteiger partial charge is 0.444 e. The van der Waals surface area contributed by atoms with E-state index in [-0.39, 0.29) is 12.0 Å². The number of fused-ring (bicyclic) bond motifs is 1. The molecular formula is C12H19N3O4S. The number of nitrogens with zero attached hydrogens (tertiary/aromatic N) is 3. The summed E-state index contributed by atoms with van der Waals surface area (Å²) in [6, 6.07) is 0. The maximum Gasteiger partial charge on any atom is 0.410 e. The molecule has 0 unspecified atom stereocenters. The Labute approximate surface area is 118 Å². The highest BCUT2D eigenvalue weighted by Crippen LogP contribution is 2.23. The summed E-state index contributed by atoms with van der Waals surface area (Å²) in [6.45, 7) is 6.18. The number of rotatable bonds is 2. The van der Waals surface area contributed by atoms with Gasteiger partial charge in [-0.05, 0) is 20.8 Å². The molecule has 2 rings (SSSR count). The van der Waals surface area contributed by atoms with E-state index in [0.29, 0.717) is 13.1 Å². The van der Waals surface area contributed by atoms with Crippen LogP contribution in [0.4, 0.5) is 4.79 Å². The fraction of sp³-hybridized carbons (Fsp3) is 0.667. The summed E-state index contributed by atoms with van der Waals surface area (Å²) in [4.78, 5) is 13.5. The molecule has 1 aliphatic rings. The quantitative estimate of drug-likeness (QED) is 0.818. The minimum absolute atomic E-state index is 0.146. The molecule has 8 heteroatoms. The Morgan fingerprint density at radius 1 is 1.40 bits per heavy atom. The minimum Gasteiger partial charge on any atom is -0.444 e. The van der Waals surface area contributed by atoms with Crippen molar-refractivity contribution in [3.63, 3.8) is 0 Å². The van der Waals surface area contributed by atoms with Crippen molar-refractivity contribution in [2.45, 2.75) is 45.3 Å². The first-order valence-corrected chi connectivity index (χ1v) is 8.30. The maximum atomic E-state index is 11.9. The van der Waals surface area contributed by atoms with E-state index in [0.717, 1.165) is 17.5 Å². The number of sulfone groups is 1. The molecule has 112 valence electrons. The summed E-state index contributed by atoms with van der Waals surface area (Å²) >= 11 is 0. The van der Waals surface area contributed by atoms with Crippen molar-refractivity contribution in [1.29, 1.82) is 0 Å². The summed E-state index contributed by atoms with van der Waals surface area (Å²) < 4.78 is 29.1. The van der Waals surface area contributed by atoms with Crippen LogP contribution in [0.3, 0.4) is 0 Å². The SMILES string of the molecule is CC(C)(C)OC(=O)N1Cc2cn(CS(C)(=O)=O)nc2C1. The van der Waals surface area contributed by atoms with E-state index >= 15 is 0 Å². The number of aromatic nitrogens is 2. The summed E-state index contributed by atoms with van der Waals surface area (Å²) in [7, 11) is -3.12. The van der Waals surface area contributed by atoms with Crippen molar-refractivity contribution in [3.8, 4) is 0 Å². The molecule has 1 aromatic heterocycles. The first-order chi connectivity index (χ1) is 9.03. The van der Waals surface area contributed by atoms with Crippen LogP contribution in [0.15, 0.2) is 6.20 Å². The lowest BCUT2D eigenvalue weighted by atomic mass is 10.2. The van der Waals surface area contributed by atoms with Crippen LogP contribution >= 0.6 is 0 Å². The number of amides is 1. The Morgan fingerprint density at radius 3 is 2.55 bits per heavy atom. The van der Waals surface area contributed by atoms with Crippen LogP contribution in [-0.2, 0) is 33.5 Å². The standard InChI is InChI=1S/C12H19N3O4S/c1-12(2,3)19-11(16)14-5-9-6-15(8-20(4,17)18)13-10(9)7-14/h6H,5,7-8H2,1-4H3. The second-order valence-electron chi connectivity index (χ2n) is 6.03. The fourth-order valence-electron chi connectivity index (χ4n) is 1.97. The van der Waals surface area contributed by atoms with E-state index in [1.54, 1.807) is 11.1 Å². The van der Waals surface area contributed by atoms with Gasteiger partial charge in [0.1, 0.15) is 11.5 Å². The van der Waals surface area contributed by atoms with E-state index in [9.17, 15) is 13.2 Å². The monoisotopic (exact) mass is 301 g/mol. The number of ether oxygens (including phenoxy) is 1. The van der Waals surface area contributed by atoms with Crippen LogP contribution in [0.2, 0.25) is 0 Å². The van der Waals surface area contributed by atoms with Gasteiger partial charge in [0, 0.05) is 18.0 Å². The van der Waals surface area contributed by atoms with Gasteiger partial charge in [-0.3, -0.25) is 9.58 Å². The summed E-state index contributed by atoms with van der Waals surface area (Å²) in [6.07, 6.45) is 2.44. The molecule has 1 aromatic rings. The van der Waals surface area contributed by atoms with Crippen molar-refractivity contribution >= 4 is 15.9 Å². The van der Waals surface area contributed by atoms with Gasteiger partial charge in [-0.1, -0.05) is 0 Å². The first-order valence-electron chi connectivity index (χ1n) is 6.24. The fourth-order valence-corrected chi connectivity index (χ4v) is 2.58. The Bertz CT molecular complexity index is 604. The van der Waals surface area contributed by atoms with Gasteiger partial charge in [-0.25, -0.2) is 13.2 Å². The zero-order chi connectivity index (χ0) is 15.1. The zero-order valence-electron chi connectivity index (χ0n) is 12.1. The van der Waals surface area contributed by atoms with Gasteiger partial charge in [0.05, 0.1) is 18.8 Å². The summed E-state index contributed by atoms with van der Waals surface area (Å²) in [5.74, 6) is -0.146. The summed E-state index contributed by atoms with van der Waals surface area (Å²) in [5.41, 5.74) is 1.05. The molecular weight excluding hydrogens is 282 g/mol. The van der Waals surface area contributed by atoms with Gasteiger partial charge >= 0.3 is 6.09 Å². The lowest BCUT2D eigenvalue weighted by Gasteiger charge is -2.24. The molecule has 0 saturated heterocycles. The van der Waals surface area contributed by atoms with E-state index in [1.807, 2.05) is 20.8 Å². The summed E-state index contributed by atoms with van der Waals surface area (Å²) in [5, 5.41) is 4.19. The third-order valence-corrected chi connectivity index (χ3v) is 3.38. The van der Waals surface area contributed by atoms with E-state index in [4.69, 9.17) is 4.74 Å². The van der Waals surface area contributed by atoms with Crippen LogP contribution in [-0.4, -0.2) is 41.0 Å². The van der Waals surface area contributed by atoms with Crippen molar-refractivity contribution in [2.24, 2.45) is 0 Å². The molecule has 0 atom stereocenters. The van der Waals surface area contributed by atoms with Crippen LogP contribution in [0.1, 0.15) is 32.0 Å². The maximum absolute atomic E-state index is 11.9. The van der Waals surface area contributed by atoms with Crippen molar-refractivity contribution in [2.75, 3.05) is 6.26 Å². The normalized spacial score (nSPS) is 15.3. The van der Waals surface area contributed by atoms with Gasteiger partial charge in [-0.15, -0.1) is 0 Å². The van der Waals surface area contributed by atoms with Crippen LogP contribution in [0, 0.1) is 0 Å². The second-order valence-corrected chi connectivity index (χ2v) is 8.14. The molecule has 0 bridgehead atoms. The molecule has 2 heterocycles. The molecule has 7 nitrogen and oxygen atoms in total. The number of carbonyl (C=O) groups excluding carboxylic acids is 1. The molecule has 0 spiro atoms. The van der Waals surface area contributed by atoms with Crippen molar-refractivity contribution in [3.05, 3.63) is 17.5 Å². The van der Waals surface area contributed by atoms with Gasteiger partial charge in [0.15, 0.2) is 9.84 Å². The molecule has 1 amide bonds. The van der Waals surface area contributed by atoms with Crippen molar-refractivity contribution in [1.82, 2.24) is 14.7 Å². The average molecular weight is 301 g/mol. The predicted octanol–water partition coefficient (Wildman–Crippen LogP) is 1.14. The first kappa shape index (κ1) is 14.8. The zero-order valence-corrected chi connectivity index (χ0v) is 12.9. The molecule has 0 radical (unpaired) electrons. The molecule has 0 aromatic carbocycles. The van der Waals surface area contributed by atoms with E-state index in [2.05, 4.69) is 5.10 Å². The minimum atomic E-state index is -3.12. The van der Waals surface area contributed by atoms with Gasteiger partial charge in [-0.2, -0.15) is 5.10 Å². The number of hydrogen-bond donors (Lipinski definition) is 0. The molecule has 0 N–H and O–H groups in total. The highest BCUT2D eigenvalue weighted by atomic mass is 32.2. The predicted molar refractivity (Wildman–Crippen MR) is 72.6 cm³/mol. The molecule has 20 heavy (non-hydrogen) atoms. The van der Waals surface area contributed by atoms with E-state index < -0.39 is 15.4 Å². The molecule has 0 aliphatic carbocycles. The van der Waals surface area contributed by atoms with Crippen LogP contribution < -0.4 is 0 Å². The van der Waals surface area contributed by atoms with Crippen LogP contribution in [0.5, 0.6) is 0 Å². The van der Waals surface area contributed by atoms with Gasteiger partial charge in [0.2, 0.25) is 0 Å². The van der Waals surface area contributed by atoms with E-state index in [1.165, 1.54) is 4.68 Å². The lowest BCUT2D eigenvalue weighted by molar-refractivity contribution is 0.0239. The average Bonchev–Trinajstić information content (AvgIpc) is 2.68. The Balaban J connectivity index is 2.03. The third-order valence-electron chi connectivity index (χ3n) is 2.64. The number of hydrogen-bond acceptors (Lipinski definition) is 5. The Kier molecular flexibility index (Phi) is 3.53. The molecule has 0 fully saturated rings. The second kappa shape index (κ2) is 4.76. The third kappa shape index (κ3) is 3.72. The van der Waals surface area contributed by atoms with Crippen LogP contribution in [0.25, 0.3) is 0 Å². The van der Waals surface area contributed by atoms with Crippen molar-refractivity contribution < 1.29 is 17.9 Å². The topological polar surface area (TPSA) is 81.5 Å². The molecule has 0 saturated carbocycles. The Morgan fingerprint density at radius 2 is 2.05 bits per heavy atom. The highest BCUT2D eigenvalue weighted by Gasteiger charge is 2.30. The Hall–Kier alpha value is -1.57. The van der Waals surface area contributed by atoms with Gasteiger partial charge < -0.3 is 4.74 Å². The highest BCUT2D eigenvalue weighted by molar-refractivity contribution is 7.89. The lowest BCUT2D eigenvalue weighted by Crippen LogP contribution is -2.33. The van der Waals surface area contributed by atoms with Gasteiger partial charge in [0.25, 0.3) is 0 Å². The number of carbonyl (C=O) groups is 1. The molecule has 1 aliphatic heterocycles.